The van der Waals surface area contributed by atoms with Crippen molar-refractivity contribution in [2.24, 2.45) is 5.92 Å². The van der Waals surface area contributed by atoms with E-state index >= 15 is 0 Å². The van der Waals surface area contributed by atoms with Crippen LogP contribution in [0, 0.1) is 5.92 Å². The number of hydrogen-bond donors (Lipinski definition) is 4. The summed E-state index contributed by atoms with van der Waals surface area (Å²) in [5.74, 6) is -3.49. The largest absolute Gasteiger partial charge is 0.481 e. The summed E-state index contributed by atoms with van der Waals surface area (Å²) in [5.41, 5.74) is 0. The number of aliphatic hydroxyl groups is 2. The second kappa shape index (κ2) is 6.65. The van der Waals surface area contributed by atoms with Gasteiger partial charge in [0, 0.05) is 5.75 Å². The Labute approximate surface area is 90.9 Å². The Bertz CT molecular complexity index is 231. The van der Waals surface area contributed by atoms with Gasteiger partial charge < -0.3 is 20.4 Å². The predicted octanol–water partition coefficient (Wildman–Crippen LogP) is -0.753. The number of hydrogen-bond acceptors (Lipinski definition) is 5. The first-order chi connectivity index (χ1) is 6.90. The maximum atomic E-state index is 10.7. The SMILES string of the molecule is CC(C(=O)O)C(SCC(O)CO)C(=O)O. The molecule has 0 saturated heterocycles. The minimum Gasteiger partial charge on any atom is -0.481 e. The second-order valence-electron chi connectivity index (χ2n) is 3.06. The molecule has 15 heavy (non-hydrogen) atoms. The van der Waals surface area contributed by atoms with Gasteiger partial charge in [-0.2, -0.15) is 0 Å². The van der Waals surface area contributed by atoms with E-state index < -0.39 is 35.8 Å². The van der Waals surface area contributed by atoms with E-state index in [1.807, 2.05) is 0 Å². The summed E-state index contributed by atoms with van der Waals surface area (Å²) < 4.78 is 0. The normalized spacial score (nSPS) is 16.7. The lowest BCUT2D eigenvalue weighted by atomic mass is 10.1. The third-order valence-corrected chi connectivity index (χ3v) is 3.31. The Morgan fingerprint density at radius 2 is 1.80 bits per heavy atom. The fourth-order valence-electron chi connectivity index (χ4n) is 0.826. The van der Waals surface area contributed by atoms with Crippen LogP contribution in [0.3, 0.4) is 0 Å². The topological polar surface area (TPSA) is 115 Å². The monoisotopic (exact) mass is 238 g/mol. The van der Waals surface area contributed by atoms with Crippen LogP contribution in [0.5, 0.6) is 0 Å². The molecule has 88 valence electrons. The Kier molecular flexibility index (Phi) is 6.30. The third-order valence-electron chi connectivity index (χ3n) is 1.77. The number of carbonyl (C=O) groups is 2. The fraction of sp³-hybridized carbons (Fsp3) is 0.750. The van der Waals surface area contributed by atoms with Crippen LogP contribution in [0.25, 0.3) is 0 Å². The van der Waals surface area contributed by atoms with E-state index in [4.69, 9.17) is 20.4 Å². The van der Waals surface area contributed by atoms with Gasteiger partial charge in [0.25, 0.3) is 0 Å². The quantitative estimate of drug-likeness (QED) is 0.461. The van der Waals surface area contributed by atoms with Gasteiger partial charge in [0.2, 0.25) is 0 Å². The van der Waals surface area contributed by atoms with Crippen molar-refractivity contribution in [2.45, 2.75) is 18.3 Å². The summed E-state index contributed by atoms with van der Waals surface area (Å²) in [6.45, 7) is 0.820. The molecule has 7 heteroatoms. The molecule has 0 aromatic rings. The zero-order chi connectivity index (χ0) is 12.0. The lowest BCUT2D eigenvalue weighted by Crippen LogP contribution is -2.32. The molecule has 4 N–H and O–H groups in total. The smallest absolute Gasteiger partial charge is 0.317 e. The van der Waals surface area contributed by atoms with Gasteiger partial charge in [0.15, 0.2) is 0 Å². The Morgan fingerprint density at radius 1 is 1.27 bits per heavy atom. The highest BCUT2D eigenvalue weighted by Gasteiger charge is 2.30. The molecule has 0 aromatic carbocycles. The van der Waals surface area contributed by atoms with Crippen molar-refractivity contribution in [1.82, 2.24) is 0 Å². The maximum Gasteiger partial charge on any atom is 0.317 e. The van der Waals surface area contributed by atoms with Crippen molar-refractivity contribution in [1.29, 1.82) is 0 Å². The molecule has 0 bridgehead atoms. The van der Waals surface area contributed by atoms with Crippen molar-refractivity contribution >= 4 is 23.7 Å². The fourth-order valence-corrected chi connectivity index (χ4v) is 1.91. The average molecular weight is 238 g/mol. The summed E-state index contributed by atoms with van der Waals surface area (Å²) in [6.07, 6.45) is -1.03. The molecule has 0 spiro atoms. The van der Waals surface area contributed by atoms with Gasteiger partial charge in [-0.1, -0.05) is 6.92 Å². The zero-order valence-electron chi connectivity index (χ0n) is 8.16. The first kappa shape index (κ1) is 14.2. The molecule has 3 unspecified atom stereocenters. The molecule has 0 heterocycles. The number of aliphatic hydroxyl groups excluding tert-OH is 2. The molecule has 0 aliphatic carbocycles. The van der Waals surface area contributed by atoms with Gasteiger partial charge in [-0.25, -0.2) is 0 Å². The zero-order valence-corrected chi connectivity index (χ0v) is 8.98. The number of rotatable bonds is 7. The summed E-state index contributed by atoms with van der Waals surface area (Å²) in [5, 5.41) is 33.8. The molecule has 0 aliphatic rings. The van der Waals surface area contributed by atoms with E-state index in [1.54, 1.807) is 0 Å². The van der Waals surface area contributed by atoms with E-state index in [9.17, 15) is 9.59 Å². The van der Waals surface area contributed by atoms with Gasteiger partial charge in [0.05, 0.1) is 18.6 Å². The van der Waals surface area contributed by atoms with E-state index in [1.165, 1.54) is 6.92 Å². The van der Waals surface area contributed by atoms with E-state index in [-0.39, 0.29) is 5.75 Å². The van der Waals surface area contributed by atoms with E-state index in [0.717, 1.165) is 11.8 Å². The summed E-state index contributed by atoms with van der Waals surface area (Å²) in [7, 11) is 0. The minimum atomic E-state index is -1.24. The van der Waals surface area contributed by atoms with Crippen LogP contribution in [-0.2, 0) is 9.59 Å². The van der Waals surface area contributed by atoms with Gasteiger partial charge in [0.1, 0.15) is 5.25 Å². The number of carboxylic acid groups (broad SMARTS) is 2. The third kappa shape index (κ3) is 5.01. The molecule has 0 radical (unpaired) electrons. The predicted molar refractivity (Wildman–Crippen MR) is 53.8 cm³/mol. The highest BCUT2D eigenvalue weighted by Crippen LogP contribution is 2.21. The number of thioether (sulfide) groups is 1. The minimum absolute atomic E-state index is 0.00884. The second-order valence-corrected chi connectivity index (χ2v) is 4.23. The lowest BCUT2D eigenvalue weighted by molar-refractivity contribution is -0.146. The van der Waals surface area contributed by atoms with Gasteiger partial charge in [-0.05, 0) is 0 Å². The Balaban J connectivity index is 4.29. The van der Waals surface area contributed by atoms with Gasteiger partial charge in [-0.3, -0.25) is 9.59 Å². The molecular formula is C8H14O6S. The molecule has 0 fully saturated rings. The summed E-state index contributed by atoms with van der Waals surface area (Å²) >= 11 is 0.808. The van der Waals surface area contributed by atoms with Crippen LogP contribution in [0.15, 0.2) is 0 Å². The van der Waals surface area contributed by atoms with Crippen LogP contribution in [0.4, 0.5) is 0 Å². The van der Waals surface area contributed by atoms with Crippen molar-refractivity contribution in [3.63, 3.8) is 0 Å². The Morgan fingerprint density at radius 3 is 2.13 bits per heavy atom. The maximum absolute atomic E-state index is 10.7. The van der Waals surface area contributed by atoms with Crippen LogP contribution in [0.2, 0.25) is 0 Å². The molecule has 0 aromatic heterocycles. The van der Waals surface area contributed by atoms with Gasteiger partial charge in [-0.15, -0.1) is 11.8 Å². The highest BCUT2D eigenvalue weighted by molar-refractivity contribution is 8.00. The molecule has 0 aliphatic heterocycles. The van der Waals surface area contributed by atoms with Crippen LogP contribution in [0.1, 0.15) is 6.92 Å². The average Bonchev–Trinajstić information content (AvgIpc) is 2.16. The van der Waals surface area contributed by atoms with Crippen molar-refractivity contribution < 1.29 is 30.0 Å². The number of carboxylic acids is 2. The standard InChI is InChI=1S/C8H14O6S/c1-4(7(11)12)6(8(13)14)15-3-5(10)2-9/h4-6,9-10H,2-3H2,1H3,(H,11,12)(H,13,14). The number of aliphatic carboxylic acids is 2. The van der Waals surface area contributed by atoms with Crippen molar-refractivity contribution in [3.8, 4) is 0 Å². The van der Waals surface area contributed by atoms with Gasteiger partial charge >= 0.3 is 11.9 Å². The van der Waals surface area contributed by atoms with Crippen molar-refractivity contribution in [3.05, 3.63) is 0 Å². The summed E-state index contributed by atoms with van der Waals surface area (Å²) in [6, 6.07) is 0. The first-order valence-corrected chi connectivity index (χ1v) is 5.31. The molecule has 3 atom stereocenters. The molecule has 6 nitrogen and oxygen atoms in total. The molecular weight excluding hydrogens is 224 g/mol. The van der Waals surface area contributed by atoms with E-state index in [2.05, 4.69) is 0 Å². The van der Waals surface area contributed by atoms with Crippen LogP contribution in [-0.4, -0.2) is 56.1 Å². The van der Waals surface area contributed by atoms with Crippen LogP contribution < -0.4 is 0 Å². The van der Waals surface area contributed by atoms with Crippen LogP contribution >= 0.6 is 11.8 Å². The molecule has 0 rings (SSSR count). The molecule has 0 saturated carbocycles. The molecule has 0 amide bonds. The van der Waals surface area contributed by atoms with Crippen molar-refractivity contribution in [2.75, 3.05) is 12.4 Å². The van der Waals surface area contributed by atoms with E-state index in [0.29, 0.717) is 0 Å². The summed E-state index contributed by atoms with van der Waals surface area (Å²) in [4.78, 5) is 21.3. The highest BCUT2D eigenvalue weighted by atomic mass is 32.2. The lowest BCUT2D eigenvalue weighted by Gasteiger charge is -2.17. The first-order valence-electron chi connectivity index (χ1n) is 4.26. The Hall–Kier alpha value is -0.790.